The van der Waals surface area contributed by atoms with Crippen molar-refractivity contribution in [3.05, 3.63) is 30.0 Å². The number of nitrogens with one attached hydrogen (secondary N) is 2. The Kier molecular flexibility index (Phi) is 7.64. The van der Waals surface area contributed by atoms with Crippen LogP contribution in [-0.4, -0.2) is 37.7 Å². The molecule has 128 valence electrons. The van der Waals surface area contributed by atoms with E-state index < -0.39 is 11.9 Å². The molecule has 0 saturated heterocycles. The van der Waals surface area contributed by atoms with Crippen molar-refractivity contribution in [2.75, 3.05) is 26.1 Å². The van der Waals surface area contributed by atoms with Crippen LogP contribution >= 0.6 is 0 Å². The standard InChI is InChI=1S/C16H19N3O5/c1-23-13-6-5-12(8-14(13)24-2)19-10-11(9-17)16(22)18-7-3-4-15(20)21/h5-6,8,10,19H,3-4,7H2,1-2H3,(H,18,22)(H,20,21)/b11-10-. The number of rotatable bonds is 9. The van der Waals surface area contributed by atoms with E-state index in [0.717, 1.165) is 0 Å². The van der Waals surface area contributed by atoms with Crippen LogP contribution in [-0.2, 0) is 9.59 Å². The van der Waals surface area contributed by atoms with Crippen molar-refractivity contribution in [3.8, 4) is 17.6 Å². The number of carbonyl (C=O) groups excluding carboxylic acids is 1. The second-order valence-electron chi connectivity index (χ2n) is 4.64. The van der Waals surface area contributed by atoms with E-state index in [1.54, 1.807) is 24.3 Å². The fourth-order valence-corrected chi connectivity index (χ4v) is 1.77. The van der Waals surface area contributed by atoms with E-state index >= 15 is 0 Å². The highest BCUT2D eigenvalue weighted by Gasteiger charge is 2.09. The zero-order valence-electron chi connectivity index (χ0n) is 13.5. The van der Waals surface area contributed by atoms with Gasteiger partial charge in [0.1, 0.15) is 11.6 Å². The third kappa shape index (κ3) is 5.88. The quantitative estimate of drug-likeness (QED) is 0.356. The van der Waals surface area contributed by atoms with Crippen LogP contribution in [0.2, 0.25) is 0 Å². The first kappa shape index (κ1) is 18.8. The number of nitriles is 1. The van der Waals surface area contributed by atoms with E-state index in [1.807, 2.05) is 0 Å². The number of carboxylic acid groups (broad SMARTS) is 1. The number of benzene rings is 1. The third-order valence-electron chi connectivity index (χ3n) is 2.98. The molecule has 8 nitrogen and oxygen atoms in total. The Morgan fingerprint density at radius 3 is 2.58 bits per heavy atom. The van der Waals surface area contributed by atoms with Gasteiger partial charge in [0.15, 0.2) is 11.5 Å². The molecule has 1 aromatic carbocycles. The van der Waals surface area contributed by atoms with Gasteiger partial charge in [-0.2, -0.15) is 5.26 Å². The average Bonchev–Trinajstić information content (AvgIpc) is 2.58. The molecule has 1 amide bonds. The summed E-state index contributed by atoms with van der Waals surface area (Å²) >= 11 is 0. The van der Waals surface area contributed by atoms with Crippen LogP contribution < -0.4 is 20.1 Å². The molecule has 0 aliphatic heterocycles. The number of anilines is 1. The fraction of sp³-hybridized carbons (Fsp3) is 0.312. The first-order valence-electron chi connectivity index (χ1n) is 7.10. The highest BCUT2D eigenvalue weighted by atomic mass is 16.5. The van der Waals surface area contributed by atoms with Crippen molar-refractivity contribution >= 4 is 17.6 Å². The molecule has 0 heterocycles. The topological polar surface area (TPSA) is 121 Å². The predicted molar refractivity (Wildman–Crippen MR) is 86.7 cm³/mol. The minimum atomic E-state index is -0.935. The molecule has 0 bridgehead atoms. The van der Waals surface area contributed by atoms with E-state index in [1.165, 1.54) is 20.4 Å². The Bertz CT molecular complexity index is 664. The number of nitrogens with zero attached hydrogens (tertiary/aromatic N) is 1. The minimum absolute atomic E-state index is 0.0459. The summed E-state index contributed by atoms with van der Waals surface area (Å²) in [6, 6.07) is 6.84. The molecule has 8 heteroatoms. The predicted octanol–water partition coefficient (Wildman–Crippen LogP) is 1.50. The Hall–Kier alpha value is -3.21. The van der Waals surface area contributed by atoms with E-state index in [4.69, 9.17) is 19.8 Å². The molecule has 3 N–H and O–H groups in total. The molecule has 0 aliphatic carbocycles. The van der Waals surface area contributed by atoms with Gasteiger partial charge in [0, 0.05) is 30.9 Å². The summed E-state index contributed by atoms with van der Waals surface area (Å²) in [5.41, 5.74) is 0.485. The molecular formula is C16H19N3O5. The summed E-state index contributed by atoms with van der Waals surface area (Å²) in [6.07, 6.45) is 1.52. The van der Waals surface area contributed by atoms with Crippen LogP contribution in [0, 0.1) is 11.3 Å². The Balaban J connectivity index is 2.67. The fourth-order valence-electron chi connectivity index (χ4n) is 1.77. The Morgan fingerprint density at radius 1 is 1.29 bits per heavy atom. The van der Waals surface area contributed by atoms with E-state index in [2.05, 4.69) is 10.6 Å². The molecule has 0 fully saturated rings. The molecular weight excluding hydrogens is 314 g/mol. The summed E-state index contributed by atoms with van der Waals surface area (Å²) in [7, 11) is 3.02. The summed E-state index contributed by atoms with van der Waals surface area (Å²) in [6.45, 7) is 0.181. The van der Waals surface area contributed by atoms with E-state index in [9.17, 15) is 9.59 Å². The second kappa shape index (κ2) is 9.74. The molecule has 0 spiro atoms. The Morgan fingerprint density at radius 2 is 2.00 bits per heavy atom. The lowest BCUT2D eigenvalue weighted by Crippen LogP contribution is -2.26. The van der Waals surface area contributed by atoms with Gasteiger partial charge in [-0.15, -0.1) is 0 Å². The van der Waals surface area contributed by atoms with Gasteiger partial charge in [0.05, 0.1) is 14.2 Å². The van der Waals surface area contributed by atoms with Crippen LogP contribution in [0.25, 0.3) is 0 Å². The van der Waals surface area contributed by atoms with Gasteiger partial charge in [0.25, 0.3) is 5.91 Å². The van der Waals surface area contributed by atoms with Crippen molar-refractivity contribution in [1.82, 2.24) is 5.32 Å². The zero-order chi connectivity index (χ0) is 17.9. The van der Waals surface area contributed by atoms with Crippen molar-refractivity contribution in [1.29, 1.82) is 5.26 Å². The van der Waals surface area contributed by atoms with Gasteiger partial charge in [-0.1, -0.05) is 0 Å². The highest BCUT2D eigenvalue weighted by Crippen LogP contribution is 2.29. The molecule has 1 rings (SSSR count). The van der Waals surface area contributed by atoms with E-state index in [0.29, 0.717) is 23.6 Å². The molecule has 1 aromatic rings. The van der Waals surface area contributed by atoms with Crippen LogP contribution in [0.15, 0.2) is 30.0 Å². The van der Waals surface area contributed by atoms with Gasteiger partial charge in [0.2, 0.25) is 0 Å². The second-order valence-corrected chi connectivity index (χ2v) is 4.64. The lowest BCUT2D eigenvalue weighted by molar-refractivity contribution is -0.137. The highest BCUT2D eigenvalue weighted by molar-refractivity contribution is 5.97. The smallest absolute Gasteiger partial charge is 0.303 e. The van der Waals surface area contributed by atoms with Crippen molar-refractivity contribution in [2.24, 2.45) is 0 Å². The third-order valence-corrected chi connectivity index (χ3v) is 2.98. The van der Waals surface area contributed by atoms with Gasteiger partial charge in [-0.3, -0.25) is 9.59 Å². The number of hydrogen-bond donors (Lipinski definition) is 3. The minimum Gasteiger partial charge on any atom is -0.493 e. The van der Waals surface area contributed by atoms with Crippen LogP contribution in [0.4, 0.5) is 5.69 Å². The number of methoxy groups -OCH3 is 2. The van der Waals surface area contributed by atoms with Gasteiger partial charge in [-0.25, -0.2) is 0 Å². The van der Waals surface area contributed by atoms with Crippen molar-refractivity contribution < 1.29 is 24.2 Å². The Labute approximate surface area is 139 Å². The van der Waals surface area contributed by atoms with Crippen molar-refractivity contribution in [3.63, 3.8) is 0 Å². The average molecular weight is 333 g/mol. The van der Waals surface area contributed by atoms with Gasteiger partial charge < -0.3 is 25.2 Å². The summed E-state index contributed by atoms with van der Waals surface area (Å²) in [5.74, 6) is -0.442. The number of hydrogen-bond acceptors (Lipinski definition) is 6. The van der Waals surface area contributed by atoms with Crippen molar-refractivity contribution in [2.45, 2.75) is 12.8 Å². The molecule has 0 unspecified atom stereocenters. The van der Waals surface area contributed by atoms with Gasteiger partial charge >= 0.3 is 5.97 Å². The monoisotopic (exact) mass is 333 g/mol. The molecule has 0 aliphatic rings. The number of carbonyl (C=O) groups is 2. The van der Waals surface area contributed by atoms with Crippen LogP contribution in [0.5, 0.6) is 11.5 Å². The molecule has 0 aromatic heterocycles. The normalized spacial score (nSPS) is 10.5. The van der Waals surface area contributed by atoms with Crippen LogP contribution in [0.3, 0.4) is 0 Å². The van der Waals surface area contributed by atoms with Gasteiger partial charge in [-0.05, 0) is 18.6 Å². The molecule has 0 atom stereocenters. The number of amides is 1. The summed E-state index contributed by atoms with van der Waals surface area (Å²) in [4.78, 5) is 22.2. The number of carboxylic acids is 1. The maximum absolute atomic E-state index is 11.8. The number of ether oxygens (including phenoxy) is 2. The molecule has 24 heavy (non-hydrogen) atoms. The molecule has 0 saturated carbocycles. The molecule has 0 radical (unpaired) electrons. The lowest BCUT2D eigenvalue weighted by Gasteiger charge is -2.09. The number of aliphatic carboxylic acids is 1. The first-order chi connectivity index (χ1) is 11.5. The largest absolute Gasteiger partial charge is 0.493 e. The first-order valence-corrected chi connectivity index (χ1v) is 7.10. The van der Waals surface area contributed by atoms with E-state index in [-0.39, 0.29) is 18.5 Å². The lowest BCUT2D eigenvalue weighted by atomic mass is 10.2. The summed E-state index contributed by atoms with van der Waals surface area (Å²) in [5, 5.41) is 22.9. The summed E-state index contributed by atoms with van der Waals surface area (Å²) < 4.78 is 10.3. The zero-order valence-corrected chi connectivity index (χ0v) is 13.5. The maximum Gasteiger partial charge on any atom is 0.303 e. The SMILES string of the molecule is COc1ccc(N/C=C(/C#N)C(=O)NCCCC(=O)O)cc1OC. The maximum atomic E-state index is 11.8. The van der Waals surface area contributed by atoms with Crippen LogP contribution in [0.1, 0.15) is 12.8 Å².